The third-order valence-corrected chi connectivity index (χ3v) is 2.67. The molecule has 3 N–H and O–H groups in total. The molecule has 0 aliphatic carbocycles. The predicted molar refractivity (Wildman–Crippen MR) is 70.1 cm³/mol. The van der Waals surface area contributed by atoms with Crippen molar-refractivity contribution in [3.05, 3.63) is 11.1 Å². The first-order valence-corrected chi connectivity index (χ1v) is 6.39. The van der Waals surface area contributed by atoms with E-state index in [0.717, 1.165) is 0 Å². The first kappa shape index (κ1) is 14.4. The minimum Gasteiger partial charge on any atom is -0.476 e. The summed E-state index contributed by atoms with van der Waals surface area (Å²) < 4.78 is 0. The summed E-state index contributed by atoms with van der Waals surface area (Å²) in [5.41, 5.74) is -0.226. The number of carboxylic acid groups (broad SMARTS) is 1. The summed E-state index contributed by atoms with van der Waals surface area (Å²) in [5.74, 6) is -1.10. The molecule has 1 rings (SSSR count). The van der Waals surface area contributed by atoms with Crippen LogP contribution in [-0.4, -0.2) is 34.1 Å². The normalized spacial score (nSPS) is 11.1. The standard InChI is InChI=1S/C11H17N3O3S/c1-11(2,3)14-8(15)4-5-12-10-13-7(6-18-10)9(16)17/h6H,4-5H2,1-3H3,(H,12,13)(H,14,15)(H,16,17). The fourth-order valence-corrected chi connectivity index (χ4v) is 1.93. The Balaban J connectivity index is 2.33. The van der Waals surface area contributed by atoms with Crippen molar-refractivity contribution in [2.24, 2.45) is 0 Å². The van der Waals surface area contributed by atoms with E-state index >= 15 is 0 Å². The van der Waals surface area contributed by atoms with Gasteiger partial charge in [-0.15, -0.1) is 11.3 Å². The lowest BCUT2D eigenvalue weighted by Crippen LogP contribution is -2.41. The van der Waals surface area contributed by atoms with Crippen molar-refractivity contribution in [1.82, 2.24) is 10.3 Å². The molecule has 0 fully saturated rings. The number of amides is 1. The molecule has 100 valence electrons. The molecule has 0 aliphatic rings. The second-order valence-corrected chi connectivity index (χ2v) is 5.68. The number of aromatic nitrogens is 1. The van der Waals surface area contributed by atoms with Crippen molar-refractivity contribution in [2.45, 2.75) is 32.7 Å². The lowest BCUT2D eigenvalue weighted by Gasteiger charge is -2.20. The van der Waals surface area contributed by atoms with Gasteiger partial charge in [-0.2, -0.15) is 0 Å². The summed E-state index contributed by atoms with van der Waals surface area (Å²) in [6.45, 7) is 6.17. The monoisotopic (exact) mass is 271 g/mol. The van der Waals surface area contributed by atoms with E-state index in [2.05, 4.69) is 15.6 Å². The summed E-state index contributed by atoms with van der Waals surface area (Å²) in [6, 6.07) is 0. The summed E-state index contributed by atoms with van der Waals surface area (Å²) in [5, 5.41) is 16.4. The largest absolute Gasteiger partial charge is 0.476 e. The van der Waals surface area contributed by atoms with Gasteiger partial charge >= 0.3 is 5.97 Å². The average molecular weight is 271 g/mol. The summed E-state index contributed by atoms with van der Waals surface area (Å²) in [4.78, 5) is 26.0. The summed E-state index contributed by atoms with van der Waals surface area (Å²) in [7, 11) is 0. The maximum absolute atomic E-state index is 11.5. The fourth-order valence-electron chi connectivity index (χ4n) is 1.22. The summed E-state index contributed by atoms with van der Waals surface area (Å²) >= 11 is 1.21. The van der Waals surface area contributed by atoms with E-state index < -0.39 is 5.97 Å². The number of aromatic carboxylic acids is 1. The van der Waals surface area contributed by atoms with Crippen LogP contribution in [0.15, 0.2) is 5.38 Å². The third-order valence-electron chi connectivity index (χ3n) is 1.87. The number of hydrogen-bond acceptors (Lipinski definition) is 5. The van der Waals surface area contributed by atoms with Gasteiger partial charge in [-0.3, -0.25) is 4.79 Å². The van der Waals surface area contributed by atoms with E-state index in [1.165, 1.54) is 16.7 Å². The molecule has 18 heavy (non-hydrogen) atoms. The van der Waals surface area contributed by atoms with Crippen LogP contribution in [0.2, 0.25) is 0 Å². The van der Waals surface area contributed by atoms with Gasteiger partial charge in [0.2, 0.25) is 5.91 Å². The van der Waals surface area contributed by atoms with E-state index in [-0.39, 0.29) is 17.1 Å². The Hall–Kier alpha value is -1.63. The van der Waals surface area contributed by atoms with Gasteiger partial charge in [-0.25, -0.2) is 9.78 Å². The fraction of sp³-hybridized carbons (Fsp3) is 0.545. The SMILES string of the molecule is CC(C)(C)NC(=O)CCNc1nc(C(=O)O)cs1. The molecular weight excluding hydrogens is 254 g/mol. The van der Waals surface area contributed by atoms with Crippen LogP contribution in [0.5, 0.6) is 0 Å². The molecule has 7 heteroatoms. The van der Waals surface area contributed by atoms with Crippen molar-refractivity contribution < 1.29 is 14.7 Å². The van der Waals surface area contributed by atoms with Crippen LogP contribution >= 0.6 is 11.3 Å². The molecule has 0 radical (unpaired) electrons. The van der Waals surface area contributed by atoms with Gasteiger partial charge in [-0.1, -0.05) is 0 Å². The molecule has 0 saturated heterocycles. The molecule has 1 aromatic heterocycles. The van der Waals surface area contributed by atoms with Gasteiger partial charge in [0.25, 0.3) is 0 Å². The quantitative estimate of drug-likeness (QED) is 0.756. The Morgan fingerprint density at radius 2 is 2.11 bits per heavy atom. The zero-order valence-corrected chi connectivity index (χ0v) is 11.4. The molecule has 1 heterocycles. The molecule has 0 saturated carbocycles. The van der Waals surface area contributed by atoms with Gasteiger partial charge in [0.15, 0.2) is 10.8 Å². The third kappa shape index (κ3) is 5.13. The van der Waals surface area contributed by atoms with Crippen LogP contribution in [-0.2, 0) is 4.79 Å². The Bertz CT molecular complexity index is 437. The van der Waals surface area contributed by atoms with E-state index in [1.807, 2.05) is 20.8 Å². The highest BCUT2D eigenvalue weighted by Crippen LogP contribution is 2.15. The van der Waals surface area contributed by atoms with Gasteiger partial charge < -0.3 is 15.7 Å². The molecule has 6 nitrogen and oxygen atoms in total. The Kier molecular flexibility index (Phi) is 4.66. The first-order valence-electron chi connectivity index (χ1n) is 5.51. The van der Waals surface area contributed by atoms with Gasteiger partial charge in [0.1, 0.15) is 0 Å². The van der Waals surface area contributed by atoms with Crippen LogP contribution in [0, 0.1) is 0 Å². The molecule has 0 bridgehead atoms. The average Bonchev–Trinajstić information content (AvgIpc) is 2.63. The molecule has 1 amide bonds. The number of carboxylic acids is 1. The van der Waals surface area contributed by atoms with Gasteiger partial charge in [-0.05, 0) is 20.8 Å². The number of anilines is 1. The number of nitrogens with zero attached hydrogens (tertiary/aromatic N) is 1. The second-order valence-electron chi connectivity index (χ2n) is 4.82. The molecule has 1 aromatic rings. The lowest BCUT2D eigenvalue weighted by molar-refractivity contribution is -0.122. The van der Waals surface area contributed by atoms with E-state index in [9.17, 15) is 9.59 Å². The van der Waals surface area contributed by atoms with Crippen LogP contribution in [0.4, 0.5) is 5.13 Å². The van der Waals surface area contributed by atoms with Crippen LogP contribution in [0.1, 0.15) is 37.7 Å². The van der Waals surface area contributed by atoms with Crippen molar-refractivity contribution in [3.8, 4) is 0 Å². The van der Waals surface area contributed by atoms with E-state index in [0.29, 0.717) is 18.1 Å². The Morgan fingerprint density at radius 3 is 2.61 bits per heavy atom. The molecule has 0 aromatic carbocycles. The van der Waals surface area contributed by atoms with Crippen molar-refractivity contribution >= 4 is 28.3 Å². The smallest absolute Gasteiger partial charge is 0.355 e. The summed E-state index contributed by atoms with van der Waals surface area (Å²) in [6.07, 6.45) is 0.319. The zero-order chi connectivity index (χ0) is 13.8. The lowest BCUT2D eigenvalue weighted by atomic mass is 10.1. The molecule has 0 aliphatic heterocycles. The van der Waals surface area contributed by atoms with Gasteiger partial charge in [0, 0.05) is 23.9 Å². The highest BCUT2D eigenvalue weighted by molar-refractivity contribution is 7.13. The zero-order valence-electron chi connectivity index (χ0n) is 10.6. The number of hydrogen-bond donors (Lipinski definition) is 3. The molecule has 0 unspecified atom stereocenters. The van der Waals surface area contributed by atoms with Crippen molar-refractivity contribution in [3.63, 3.8) is 0 Å². The Morgan fingerprint density at radius 1 is 1.44 bits per heavy atom. The minimum atomic E-state index is -1.05. The van der Waals surface area contributed by atoms with E-state index in [1.54, 1.807) is 0 Å². The maximum Gasteiger partial charge on any atom is 0.355 e. The van der Waals surface area contributed by atoms with E-state index in [4.69, 9.17) is 5.11 Å². The molecule has 0 atom stereocenters. The molecular formula is C11H17N3O3S. The molecule has 0 spiro atoms. The predicted octanol–water partition coefficient (Wildman–Crippen LogP) is 1.56. The van der Waals surface area contributed by atoms with Crippen molar-refractivity contribution in [2.75, 3.05) is 11.9 Å². The van der Waals surface area contributed by atoms with Crippen LogP contribution in [0.3, 0.4) is 0 Å². The highest BCUT2D eigenvalue weighted by Gasteiger charge is 2.13. The first-order chi connectivity index (χ1) is 8.28. The van der Waals surface area contributed by atoms with Gasteiger partial charge in [0.05, 0.1) is 0 Å². The number of carbonyl (C=O) groups excluding carboxylic acids is 1. The number of thiazole rings is 1. The number of nitrogens with one attached hydrogen (secondary N) is 2. The second kappa shape index (κ2) is 5.81. The number of carbonyl (C=O) groups is 2. The number of rotatable bonds is 5. The minimum absolute atomic E-state index is 0.0154. The highest BCUT2D eigenvalue weighted by atomic mass is 32.1. The van der Waals surface area contributed by atoms with Crippen LogP contribution in [0.25, 0.3) is 0 Å². The topological polar surface area (TPSA) is 91.3 Å². The Labute approximate surface area is 109 Å². The van der Waals surface area contributed by atoms with Crippen LogP contribution < -0.4 is 10.6 Å². The maximum atomic E-state index is 11.5. The van der Waals surface area contributed by atoms with Crippen molar-refractivity contribution in [1.29, 1.82) is 0 Å².